The van der Waals surface area contributed by atoms with Crippen LogP contribution in [0.25, 0.3) is 0 Å². The number of sulfone groups is 1. The minimum absolute atomic E-state index is 0.152. The van der Waals surface area contributed by atoms with Crippen LogP contribution in [0, 0.1) is 0 Å². The molecular weight excluding hydrogens is 338 g/mol. The van der Waals surface area contributed by atoms with Crippen molar-refractivity contribution in [2.75, 3.05) is 11.1 Å². The number of anilines is 1. The summed E-state index contributed by atoms with van der Waals surface area (Å²) >= 11 is 0. The molecular formula is C18H23N3O3S. The summed E-state index contributed by atoms with van der Waals surface area (Å²) in [5.74, 6) is 0.152. The van der Waals surface area contributed by atoms with E-state index in [1.807, 2.05) is 13.0 Å². The molecule has 0 spiro atoms. The smallest absolute Gasteiger partial charge is 0.319 e. The van der Waals surface area contributed by atoms with Gasteiger partial charge in [-0.1, -0.05) is 25.8 Å². The van der Waals surface area contributed by atoms with E-state index in [2.05, 4.69) is 15.6 Å². The number of hydrogen-bond donors (Lipinski definition) is 2. The van der Waals surface area contributed by atoms with Gasteiger partial charge in [0.05, 0.1) is 10.6 Å². The van der Waals surface area contributed by atoms with E-state index in [1.54, 1.807) is 30.6 Å². The first-order valence-electron chi connectivity index (χ1n) is 8.28. The zero-order valence-corrected chi connectivity index (χ0v) is 15.1. The third-order valence-corrected chi connectivity index (χ3v) is 5.48. The Kier molecular flexibility index (Phi) is 6.94. The monoisotopic (exact) mass is 361 g/mol. The molecule has 2 N–H and O–H groups in total. The van der Waals surface area contributed by atoms with E-state index in [1.165, 1.54) is 12.1 Å². The van der Waals surface area contributed by atoms with E-state index in [-0.39, 0.29) is 16.7 Å². The SMILES string of the molecule is CCCCCS(=O)(=O)c1ccc(NC(=O)NCc2cccnc2)cc1. The fraction of sp³-hybridized carbons (Fsp3) is 0.333. The number of amides is 2. The Morgan fingerprint density at radius 2 is 1.88 bits per heavy atom. The van der Waals surface area contributed by atoms with Gasteiger partial charge in [0, 0.05) is 24.6 Å². The fourth-order valence-electron chi connectivity index (χ4n) is 2.27. The van der Waals surface area contributed by atoms with Crippen LogP contribution in [0.1, 0.15) is 31.7 Å². The zero-order valence-electron chi connectivity index (χ0n) is 14.2. The number of nitrogens with zero attached hydrogens (tertiary/aromatic N) is 1. The van der Waals surface area contributed by atoms with Crippen molar-refractivity contribution in [2.45, 2.75) is 37.6 Å². The van der Waals surface area contributed by atoms with Gasteiger partial charge in [-0.3, -0.25) is 4.98 Å². The molecule has 134 valence electrons. The minimum atomic E-state index is -3.26. The van der Waals surface area contributed by atoms with Crippen molar-refractivity contribution in [3.05, 3.63) is 54.4 Å². The van der Waals surface area contributed by atoms with Gasteiger partial charge in [-0.05, 0) is 42.3 Å². The van der Waals surface area contributed by atoms with Crippen molar-refractivity contribution in [3.8, 4) is 0 Å². The Labute approximate surface area is 148 Å². The van der Waals surface area contributed by atoms with Crippen LogP contribution in [0.5, 0.6) is 0 Å². The average Bonchev–Trinajstić information content (AvgIpc) is 2.61. The summed E-state index contributed by atoms with van der Waals surface area (Å²) in [6.07, 6.45) is 5.89. The molecule has 0 unspecified atom stereocenters. The van der Waals surface area contributed by atoms with Crippen LogP contribution >= 0.6 is 0 Å². The number of rotatable bonds is 8. The summed E-state index contributed by atoms with van der Waals surface area (Å²) in [5, 5.41) is 5.40. The minimum Gasteiger partial charge on any atom is -0.334 e. The van der Waals surface area contributed by atoms with Crippen LogP contribution in [0.2, 0.25) is 0 Å². The number of nitrogens with one attached hydrogen (secondary N) is 2. The predicted octanol–water partition coefficient (Wildman–Crippen LogP) is 3.37. The van der Waals surface area contributed by atoms with Crippen LogP contribution in [0.4, 0.5) is 10.5 Å². The molecule has 2 aromatic rings. The molecule has 2 rings (SSSR count). The van der Waals surface area contributed by atoms with E-state index in [0.29, 0.717) is 18.7 Å². The van der Waals surface area contributed by atoms with Gasteiger partial charge in [0.15, 0.2) is 9.84 Å². The maximum atomic E-state index is 12.2. The normalized spacial score (nSPS) is 11.1. The van der Waals surface area contributed by atoms with Crippen molar-refractivity contribution in [2.24, 2.45) is 0 Å². The first-order chi connectivity index (χ1) is 12.0. The highest BCUT2D eigenvalue weighted by molar-refractivity contribution is 7.91. The van der Waals surface area contributed by atoms with Crippen LogP contribution in [0.3, 0.4) is 0 Å². The summed E-state index contributed by atoms with van der Waals surface area (Å²) in [6.45, 7) is 2.40. The highest BCUT2D eigenvalue weighted by Gasteiger charge is 2.13. The summed E-state index contributed by atoms with van der Waals surface area (Å²) in [5.41, 5.74) is 1.43. The summed E-state index contributed by atoms with van der Waals surface area (Å²) in [6, 6.07) is 9.55. The Balaban J connectivity index is 1.88. The van der Waals surface area contributed by atoms with Crippen LogP contribution in [-0.4, -0.2) is 25.2 Å². The Morgan fingerprint density at radius 3 is 2.52 bits per heavy atom. The van der Waals surface area contributed by atoms with Gasteiger partial charge >= 0.3 is 6.03 Å². The second-order valence-corrected chi connectivity index (χ2v) is 7.83. The van der Waals surface area contributed by atoms with Gasteiger partial charge in [-0.15, -0.1) is 0 Å². The first kappa shape index (κ1) is 18.9. The number of pyridine rings is 1. The molecule has 1 aromatic carbocycles. The number of benzene rings is 1. The van der Waals surface area contributed by atoms with E-state index in [4.69, 9.17) is 0 Å². The van der Waals surface area contributed by atoms with Gasteiger partial charge < -0.3 is 10.6 Å². The number of unbranched alkanes of at least 4 members (excludes halogenated alkanes) is 2. The van der Waals surface area contributed by atoms with E-state index < -0.39 is 9.84 Å². The number of urea groups is 1. The maximum absolute atomic E-state index is 12.2. The van der Waals surface area contributed by atoms with Crippen molar-refractivity contribution in [1.82, 2.24) is 10.3 Å². The number of carbonyl (C=O) groups is 1. The lowest BCUT2D eigenvalue weighted by Crippen LogP contribution is -2.28. The third-order valence-electron chi connectivity index (χ3n) is 3.66. The van der Waals surface area contributed by atoms with Gasteiger partial charge in [0.25, 0.3) is 0 Å². The lowest BCUT2D eigenvalue weighted by Gasteiger charge is -2.09. The number of hydrogen-bond acceptors (Lipinski definition) is 4. The fourth-order valence-corrected chi connectivity index (χ4v) is 3.64. The highest BCUT2D eigenvalue weighted by Crippen LogP contribution is 2.16. The molecule has 0 saturated heterocycles. The molecule has 1 heterocycles. The molecule has 25 heavy (non-hydrogen) atoms. The van der Waals surface area contributed by atoms with Crippen molar-refractivity contribution in [3.63, 3.8) is 0 Å². The van der Waals surface area contributed by atoms with E-state index >= 15 is 0 Å². The van der Waals surface area contributed by atoms with Crippen molar-refractivity contribution >= 4 is 21.6 Å². The molecule has 0 aliphatic carbocycles. The molecule has 7 heteroatoms. The Bertz CT molecular complexity index is 775. The molecule has 0 radical (unpaired) electrons. The van der Waals surface area contributed by atoms with Gasteiger partial charge in [0.1, 0.15) is 0 Å². The summed E-state index contributed by atoms with van der Waals surface area (Å²) in [4.78, 5) is 16.1. The third kappa shape index (κ3) is 6.19. The molecule has 0 atom stereocenters. The van der Waals surface area contributed by atoms with Gasteiger partial charge in [0.2, 0.25) is 0 Å². The zero-order chi connectivity index (χ0) is 18.1. The topological polar surface area (TPSA) is 88.2 Å². The Hall–Kier alpha value is -2.41. The van der Waals surface area contributed by atoms with Crippen LogP contribution < -0.4 is 10.6 Å². The molecule has 0 bridgehead atoms. The second-order valence-electron chi connectivity index (χ2n) is 5.72. The first-order valence-corrected chi connectivity index (χ1v) is 9.93. The van der Waals surface area contributed by atoms with Gasteiger partial charge in [-0.25, -0.2) is 13.2 Å². The van der Waals surface area contributed by atoms with Crippen LogP contribution in [0.15, 0.2) is 53.7 Å². The van der Waals surface area contributed by atoms with E-state index in [9.17, 15) is 13.2 Å². The second kappa shape index (κ2) is 9.17. The highest BCUT2D eigenvalue weighted by atomic mass is 32.2. The molecule has 1 aromatic heterocycles. The lowest BCUT2D eigenvalue weighted by molar-refractivity contribution is 0.251. The standard InChI is InChI=1S/C18H23N3O3S/c1-2-3-4-12-25(23,24)17-9-7-16(8-10-17)21-18(22)20-14-15-6-5-11-19-13-15/h5-11,13H,2-4,12,14H2,1H3,(H2,20,21,22). The molecule has 6 nitrogen and oxygen atoms in total. The molecule has 2 amide bonds. The largest absolute Gasteiger partial charge is 0.334 e. The molecule has 0 saturated carbocycles. The van der Waals surface area contributed by atoms with Crippen LogP contribution in [-0.2, 0) is 16.4 Å². The average molecular weight is 361 g/mol. The molecule has 0 fully saturated rings. The summed E-state index contributed by atoms with van der Waals surface area (Å²) in [7, 11) is -3.26. The summed E-state index contributed by atoms with van der Waals surface area (Å²) < 4.78 is 24.4. The maximum Gasteiger partial charge on any atom is 0.319 e. The van der Waals surface area contributed by atoms with E-state index in [0.717, 1.165) is 18.4 Å². The van der Waals surface area contributed by atoms with Gasteiger partial charge in [-0.2, -0.15) is 0 Å². The Morgan fingerprint density at radius 1 is 1.12 bits per heavy atom. The van der Waals surface area contributed by atoms with Crippen molar-refractivity contribution < 1.29 is 13.2 Å². The number of carbonyl (C=O) groups excluding carboxylic acids is 1. The van der Waals surface area contributed by atoms with Crippen molar-refractivity contribution in [1.29, 1.82) is 0 Å². The molecule has 0 aliphatic heterocycles. The lowest BCUT2D eigenvalue weighted by atomic mass is 10.3. The number of aromatic nitrogens is 1. The predicted molar refractivity (Wildman–Crippen MR) is 98.1 cm³/mol. The molecule has 0 aliphatic rings. The quantitative estimate of drug-likeness (QED) is 0.706.